The van der Waals surface area contributed by atoms with Crippen LogP contribution >= 0.6 is 11.6 Å². The van der Waals surface area contributed by atoms with E-state index in [1.54, 1.807) is 25.4 Å². The molecule has 0 saturated carbocycles. The Kier molecular flexibility index (Phi) is 7.75. The van der Waals surface area contributed by atoms with Crippen LogP contribution in [0, 0.1) is 0 Å². The molecule has 0 atom stereocenters. The number of aliphatic hydroxyl groups excluding tert-OH is 1. The van der Waals surface area contributed by atoms with Gasteiger partial charge in [-0.25, -0.2) is 9.97 Å². The molecule has 0 spiro atoms. The quantitative estimate of drug-likeness (QED) is 0.555. The maximum absolute atomic E-state index is 12.8. The molecule has 8 nitrogen and oxygen atoms in total. The summed E-state index contributed by atoms with van der Waals surface area (Å²) in [6.45, 7) is 0.751. The average molecular weight is 455 g/mol. The minimum Gasteiger partial charge on any atom is -0.497 e. The topological polar surface area (TPSA) is 105 Å². The van der Waals surface area contributed by atoms with Gasteiger partial charge in [0.25, 0.3) is 5.91 Å². The summed E-state index contributed by atoms with van der Waals surface area (Å²) in [6.07, 6.45) is 1.57. The Morgan fingerprint density at radius 1 is 1.22 bits per heavy atom. The van der Waals surface area contributed by atoms with Crippen LogP contribution in [0.3, 0.4) is 0 Å². The Hall–Kier alpha value is -3.49. The Bertz CT molecular complexity index is 1120. The Balaban J connectivity index is 0.00000141. The van der Waals surface area contributed by atoms with Gasteiger partial charge < -0.3 is 20.1 Å². The number of nitrogens with zero attached hydrogens (tertiary/aromatic N) is 3. The Morgan fingerprint density at radius 2 is 2.03 bits per heavy atom. The lowest BCUT2D eigenvalue weighted by Gasteiger charge is -2.15. The molecule has 0 fully saturated rings. The summed E-state index contributed by atoms with van der Waals surface area (Å²) in [4.78, 5) is 34.8. The van der Waals surface area contributed by atoms with Gasteiger partial charge in [0.2, 0.25) is 11.2 Å². The normalized spacial score (nSPS) is 12.0. The predicted octanol–water partition coefficient (Wildman–Crippen LogP) is 2.69. The molecule has 1 aliphatic heterocycles. The van der Waals surface area contributed by atoms with E-state index in [1.807, 2.05) is 36.4 Å². The lowest BCUT2D eigenvalue weighted by atomic mass is 10.0. The summed E-state index contributed by atoms with van der Waals surface area (Å²) in [5.74, 6) is 0.331. The van der Waals surface area contributed by atoms with Crippen molar-refractivity contribution in [2.75, 3.05) is 20.8 Å². The number of halogens is 1. The summed E-state index contributed by atoms with van der Waals surface area (Å²) >= 11 is 5.86. The van der Waals surface area contributed by atoms with Crippen molar-refractivity contribution in [2.24, 2.45) is 0 Å². The molecular formula is C23H23ClN4O4. The fourth-order valence-corrected chi connectivity index (χ4v) is 3.50. The number of aliphatic hydroxyl groups is 1. The van der Waals surface area contributed by atoms with Crippen LogP contribution in [0.1, 0.15) is 21.5 Å². The van der Waals surface area contributed by atoms with Crippen LogP contribution in [0.4, 0.5) is 0 Å². The molecule has 2 amide bonds. The van der Waals surface area contributed by atoms with Crippen molar-refractivity contribution >= 4 is 23.4 Å². The third-order valence-electron chi connectivity index (χ3n) is 4.87. The third-order valence-corrected chi connectivity index (χ3v) is 5.05. The molecule has 0 bridgehead atoms. The minimum absolute atomic E-state index is 0.00779. The average Bonchev–Trinajstić information content (AvgIpc) is 3.13. The molecule has 2 N–H and O–H groups in total. The molecule has 32 heavy (non-hydrogen) atoms. The zero-order valence-electron chi connectivity index (χ0n) is 17.7. The first kappa shape index (κ1) is 23.2. The van der Waals surface area contributed by atoms with Crippen LogP contribution in [0.5, 0.6) is 5.75 Å². The molecule has 2 aromatic carbocycles. The summed E-state index contributed by atoms with van der Waals surface area (Å²) in [5, 5.41) is 9.99. The fourth-order valence-electron chi connectivity index (χ4n) is 3.36. The van der Waals surface area contributed by atoms with Gasteiger partial charge in [-0.3, -0.25) is 9.59 Å². The SMILES string of the molecule is CO.COc1cccc(CNC(=O)CN2Cc3ccc(-c4ccnc(Cl)n4)cc3C2=O)c1. The number of aromatic nitrogens is 2. The number of rotatable bonds is 6. The van der Waals surface area contributed by atoms with Crippen molar-refractivity contribution in [1.82, 2.24) is 20.2 Å². The number of ether oxygens (including phenoxy) is 1. The number of benzene rings is 2. The number of carbonyl (C=O) groups is 2. The fraction of sp³-hybridized carbons (Fsp3) is 0.217. The van der Waals surface area contributed by atoms with E-state index >= 15 is 0 Å². The van der Waals surface area contributed by atoms with Gasteiger partial charge >= 0.3 is 0 Å². The molecule has 9 heteroatoms. The second-order valence-corrected chi connectivity index (χ2v) is 7.21. The van der Waals surface area contributed by atoms with E-state index in [2.05, 4.69) is 15.3 Å². The number of fused-ring (bicyclic) bond motifs is 1. The van der Waals surface area contributed by atoms with Gasteiger partial charge in [-0.2, -0.15) is 0 Å². The number of carbonyl (C=O) groups excluding carboxylic acids is 2. The van der Waals surface area contributed by atoms with Gasteiger partial charge in [0, 0.05) is 37.5 Å². The lowest BCUT2D eigenvalue weighted by Crippen LogP contribution is -2.37. The molecule has 0 radical (unpaired) electrons. The van der Waals surface area contributed by atoms with Crippen molar-refractivity contribution in [1.29, 1.82) is 0 Å². The maximum Gasteiger partial charge on any atom is 0.254 e. The smallest absolute Gasteiger partial charge is 0.254 e. The van der Waals surface area contributed by atoms with E-state index in [-0.39, 0.29) is 23.6 Å². The van der Waals surface area contributed by atoms with Gasteiger partial charge in [0.05, 0.1) is 12.8 Å². The first-order chi connectivity index (χ1) is 15.5. The number of nitrogens with one attached hydrogen (secondary N) is 1. The summed E-state index contributed by atoms with van der Waals surface area (Å²) in [6, 6.07) is 14.8. The largest absolute Gasteiger partial charge is 0.497 e. The second-order valence-electron chi connectivity index (χ2n) is 6.87. The van der Waals surface area contributed by atoms with Gasteiger partial charge in [-0.05, 0) is 47.0 Å². The summed E-state index contributed by atoms with van der Waals surface area (Å²) < 4.78 is 5.19. The second kappa shape index (κ2) is 10.7. The Labute approximate surface area is 190 Å². The molecule has 0 unspecified atom stereocenters. The molecule has 0 saturated heterocycles. The van der Waals surface area contributed by atoms with Crippen LogP contribution in [0.25, 0.3) is 11.3 Å². The van der Waals surface area contributed by atoms with Crippen LogP contribution in [-0.4, -0.2) is 52.6 Å². The van der Waals surface area contributed by atoms with Crippen LogP contribution in [0.15, 0.2) is 54.7 Å². The van der Waals surface area contributed by atoms with Gasteiger partial charge in [0.15, 0.2) is 0 Å². The van der Waals surface area contributed by atoms with Gasteiger partial charge in [-0.15, -0.1) is 0 Å². The standard InChI is InChI=1S/C22H19ClN4O3.CH4O/c1-30-17-4-2-3-14(9-17)11-25-20(28)13-27-12-16-6-5-15(10-18(16)21(27)29)19-7-8-24-22(23)26-19;1-2/h2-10H,11-13H2,1H3,(H,25,28);2H,1H3. The van der Waals surface area contributed by atoms with Crippen molar-refractivity contribution in [3.05, 3.63) is 76.7 Å². The van der Waals surface area contributed by atoms with E-state index in [0.717, 1.165) is 29.5 Å². The molecule has 0 aliphatic carbocycles. The highest BCUT2D eigenvalue weighted by atomic mass is 35.5. The highest BCUT2D eigenvalue weighted by molar-refractivity contribution is 6.28. The van der Waals surface area contributed by atoms with Crippen LogP contribution in [-0.2, 0) is 17.9 Å². The first-order valence-electron chi connectivity index (χ1n) is 9.79. The van der Waals surface area contributed by atoms with E-state index in [4.69, 9.17) is 21.4 Å². The van der Waals surface area contributed by atoms with Crippen molar-refractivity contribution < 1.29 is 19.4 Å². The molecule has 2 heterocycles. The van der Waals surface area contributed by atoms with Crippen molar-refractivity contribution in [3.63, 3.8) is 0 Å². The number of methoxy groups -OCH3 is 1. The maximum atomic E-state index is 12.8. The lowest BCUT2D eigenvalue weighted by molar-refractivity contribution is -0.122. The number of hydrogen-bond acceptors (Lipinski definition) is 6. The first-order valence-corrected chi connectivity index (χ1v) is 10.2. The van der Waals surface area contributed by atoms with Gasteiger partial charge in [0.1, 0.15) is 12.3 Å². The molecule has 4 rings (SSSR count). The number of hydrogen-bond donors (Lipinski definition) is 2. The number of amides is 2. The molecule has 166 valence electrons. The zero-order chi connectivity index (χ0) is 23.1. The van der Waals surface area contributed by atoms with E-state index in [0.29, 0.717) is 24.3 Å². The van der Waals surface area contributed by atoms with Crippen LogP contribution in [0.2, 0.25) is 5.28 Å². The van der Waals surface area contributed by atoms with Crippen LogP contribution < -0.4 is 10.1 Å². The third kappa shape index (κ3) is 5.40. The van der Waals surface area contributed by atoms with Crippen molar-refractivity contribution in [3.8, 4) is 17.0 Å². The highest BCUT2D eigenvalue weighted by Crippen LogP contribution is 2.28. The molecule has 3 aromatic rings. The van der Waals surface area contributed by atoms with Crippen molar-refractivity contribution in [2.45, 2.75) is 13.1 Å². The predicted molar refractivity (Wildman–Crippen MR) is 120 cm³/mol. The molecule has 1 aromatic heterocycles. The zero-order valence-corrected chi connectivity index (χ0v) is 18.5. The monoisotopic (exact) mass is 454 g/mol. The molecule has 1 aliphatic rings. The summed E-state index contributed by atoms with van der Waals surface area (Å²) in [7, 11) is 2.60. The van der Waals surface area contributed by atoms with E-state index in [1.165, 1.54) is 4.90 Å². The minimum atomic E-state index is -0.221. The molecular weight excluding hydrogens is 432 g/mol. The van der Waals surface area contributed by atoms with Gasteiger partial charge in [-0.1, -0.05) is 24.3 Å². The highest BCUT2D eigenvalue weighted by Gasteiger charge is 2.29. The van der Waals surface area contributed by atoms with E-state index < -0.39 is 0 Å². The van der Waals surface area contributed by atoms with E-state index in [9.17, 15) is 9.59 Å². The Morgan fingerprint density at radius 3 is 2.78 bits per heavy atom. The summed E-state index contributed by atoms with van der Waals surface area (Å²) in [5.41, 5.74) is 3.79.